The number of ether oxygens (including phenoxy) is 1. The molecule has 2 rings (SSSR count). The molecule has 0 spiro atoms. The number of nitrogens with zero attached hydrogens (tertiary/aromatic N) is 3. The maximum atomic E-state index is 13.3. The highest BCUT2D eigenvalue weighted by Gasteiger charge is 2.19. The quantitative estimate of drug-likeness (QED) is 0.672. The zero-order chi connectivity index (χ0) is 18.4. The van der Waals surface area contributed by atoms with E-state index in [2.05, 4.69) is 20.2 Å². The number of rotatable bonds is 8. The second kappa shape index (κ2) is 8.08. The van der Waals surface area contributed by atoms with E-state index >= 15 is 0 Å². The molecule has 0 atom stereocenters. The largest absolute Gasteiger partial charge is 0.495 e. The number of anilines is 2. The molecular weight excluding hydrogens is 349 g/mol. The van der Waals surface area contributed by atoms with Crippen LogP contribution in [-0.4, -0.2) is 52.9 Å². The number of nitrogens with one attached hydrogen (secondary N) is 2. The average molecular weight is 369 g/mol. The van der Waals surface area contributed by atoms with Crippen molar-refractivity contribution in [2.75, 3.05) is 44.5 Å². The molecule has 25 heavy (non-hydrogen) atoms. The van der Waals surface area contributed by atoms with Crippen molar-refractivity contribution in [2.24, 2.45) is 0 Å². The molecule has 0 bridgehead atoms. The van der Waals surface area contributed by atoms with Gasteiger partial charge in [0, 0.05) is 33.3 Å². The Hall–Kier alpha value is -2.46. The van der Waals surface area contributed by atoms with E-state index in [4.69, 9.17) is 4.74 Å². The van der Waals surface area contributed by atoms with Gasteiger partial charge in [-0.15, -0.1) is 5.10 Å². The van der Waals surface area contributed by atoms with Crippen molar-refractivity contribution in [2.45, 2.75) is 4.90 Å². The Bertz CT molecular complexity index is 830. The highest BCUT2D eigenvalue weighted by molar-refractivity contribution is 7.89. The minimum absolute atomic E-state index is 0.0754. The Balaban J connectivity index is 1.97. The first-order valence-electron chi connectivity index (χ1n) is 7.40. The number of halogens is 1. The standard InChI is InChI=1S/C15H20FN5O3S/c1-21(2)12-9-15(20-18-10-12)17-6-7-19-25(22,23)14-8-11(16)4-5-13(14)24-3/h4-5,8-10,19H,6-7H2,1-3H3,(H,17,20). The van der Waals surface area contributed by atoms with Gasteiger partial charge in [0.25, 0.3) is 0 Å². The van der Waals surface area contributed by atoms with Crippen molar-refractivity contribution in [3.63, 3.8) is 0 Å². The van der Waals surface area contributed by atoms with Crippen LogP contribution in [0.5, 0.6) is 5.75 Å². The van der Waals surface area contributed by atoms with E-state index in [1.165, 1.54) is 13.2 Å². The van der Waals surface area contributed by atoms with Gasteiger partial charge in [-0.25, -0.2) is 17.5 Å². The summed E-state index contributed by atoms with van der Waals surface area (Å²) in [5.74, 6) is -0.0600. The summed E-state index contributed by atoms with van der Waals surface area (Å²) < 4.78 is 45.3. The Labute approximate surface area is 146 Å². The second-order valence-corrected chi connectivity index (χ2v) is 7.05. The van der Waals surface area contributed by atoms with Gasteiger partial charge in [-0.1, -0.05) is 0 Å². The van der Waals surface area contributed by atoms with Gasteiger partial charge in [-0.3, -0.25) is 0 Å². The fourth-order valence-electron chi connectivity index (χ4n) is 2.00. The van der Waals surface area contributed by atoms with E-state index in [1.807, 2.05) is 19.0 Å². The van der Waals surface area contributed by atoms with Crippen LogP contribution in [0.2, 0.25) is 0 Å². The molecule has 0 saturated heterocycles. The van der Waals surface area contributed by atoms with Crippen LogP contribution in [0, 0.1) is 5.82 Å². The molecule has 0 saturated carbocycles. The predicted octanol–water partition coefficient (Wildman–Crippen LogP) is 1.08. The van der Waals surface area contributed by atoms with E-state index in [-0.39, 0.29) is 23.7 Å². The molecule has 0 amide bonds. The lowest BCUT2D eigenvalue weighted by molar-refractivity contribution is 0.400. The van der Waals surface area contributed by atoms with Crippen LogP contribution in [0.25, 0.3) is 0 Å². The van der Waals surface area contributed by atoms with E-state index in [9.17, 15) is 12.8 Å². The number of hydrogen-bond acceptors (Lipinski definition) is 7. The Kier molecular flexibility index (Phi) is 6.10. The molecular formula is C15H20FN5O3S. The van der Waals surface area contributed by atoms with Gasteiger partial charge in [0.15, 0.2) is 5.82 Å². The van der Waals surface area contributed by atoms with E-state index in [0.29, 0.717) is 5.82 Å². The summed E-state index contributed by atoms with van der Waals surface area (Å²) in [6, 6.07) is 5.11. The van der Waals surface area contributed by atoms with Gasteiger partial charge in [-0.2, -0.15) is 5.10 Å². The molecule has 1 aromatic heterocycles. The van der Waals surface area contributed by atoms with Gasteiger partial charge in [0.2, 0.25) is 10.0 Å². The van der Waals surface area contributed by atoms with E-state index < -0.39 is 15.8 Å². The number of methoxy groups -OCH3 is 1. The van der Waals surface area contributed by atoms with Crippen LogP contribution in [0.15, 0.2) is 35.4 Å². The monoisotopic (exact) mass is 369 g/mol. The molecule has 10 heteroatoms. The maximum Gasteiger partial charge on any atom is 0.244 e. The Morgan fingerprint density at radius 1 is 1.24 bits per heavy atom. The smallest absolute Gasteiger partial charge is 0.244 e. The molecule has 2 aromatic rings. The zero-order valence-electron chi connectivity index (χ0n) is 14.2. The molecule has 136 valence electrons. The Morgan fingerprint density at radius 3 is 2.68 bits per heavy atom. The zero-order valence-corrected chi connectivity index (χ0v) is 15.0. The first-order valence-corrected chi connectivity index (χ1v) is 8.89. The molecule has 0 aliphatic carbocycles. The lowest BCUT2D eigenvalue weighted by Crippen LogP contribution is -2.29. The summed E-state index contributed by atoms with van der Waals surface area (Å²) in [5, 5.41) is 10.8. The van der Waals surface area contributed by atoms with Gasteiger partial charge < -0.3 is 15.0 Å². The summed E-state index contributed by atoms with van der Waals surface area (Å²) in [6.07, 6.45) is 1.62. The molecule has 0 aliphatic heterocycles. The molecule has 0 unspecified atom stereocenters. The molecule has 8 nitrogen and oxygen atoms in total. The molecule has 1 aromatic carbocycles. The van der Waals surface area contributed by atoms with Crippen molar-refractivity contribution in [1.29, 1.82) is 0 Å². The summed E-state index contributed by atoms with van der Waals surface area (Å²) in [6.45, 7) is 0.359. The molecule has 0 fully saturated rings. The highest BCUT2D eigenvalue weighted by atomic mass is 32.2. The number of aromatic nitrogens is 2. The van der Waals surface area contributed by atoms with Crippen molar-refractivity contribution in [3.8, 4) is 5.75 Å². The van der Waals surface area contributed by atoms with Crippen molar-refractivity contribution < 1.29 is 17.5 Å². The summed E-state index contributed by atoms with van der Waals surface area (Å²) >= 11 is 0. The van der Waals surface area contributed by atoms with Crippen molar-refractivity contribution >= 4 is 21.5 Å². The molecule has 0 aliphatic rings. The average Bonchev–Trinajstić information content (AvgIpc) is 2.59. The lowest BCUT2D eigenvalue weighted by Gasteiger charge is -2.13. The van der Waals surface area contributed by atoms with Crippen molar-refractivity contribution in [1.82, 2.24) is 14.9 Å². The van der Waals surface area contributed by atoms with E-state index in [0.717, 1.165) is 17.8 Å². The van der Waals surface area contributed by atoms with Gasteiger partial charge in [0.1, 0.15) is 16.5 Å². The van der Waals surface area contributed by atoms with Crippen molar-refractivity contribution in [3.05, 3.63) is 36.3 Å². The van der Waals surface area contributed by atoms with Crippen LogP contribution >= 0.6 is 0 Å². The molecule has 0 radical (unpaired) electrons. The fourth-order valence-corrected chi connectivity index (χ4v) is 3.21. The predicted molar refractivity (Wildman–Crippen MR) is 93.0 cm³/mol. The Morgan fingerprint density at radius 2 is 2.00 bits per heavy atom. The third-order valence-corrected chi connectivity index (χ3v) is 4.78. The minimum Gasteiger partial charge on any atom is -0.495 e. The summed E-state index contributed by atoms with van der Waals surface area (Å²) in [7, 11) is 1.18. The van der Waals surface area contributed by atoms with Crippen LogP contribution < -0.4 is 19.7 Å². The van der Waals surface area contributed by atoms with Crippen LogP contribution in [0.1, 0.15) is 0 Å². The second-order valence-electron chi connectivity index (χ2n) is 5.31. The minimum atomic E-state index is -3.90. The third kappa shape index (κ3) is 5.00. The normalized spacial score (nSPS) is 11.2. The number of sulfonamides is 1. The number of benzene rings is 1. The molecule has 2 N–H and O–H groups in total. The van der Waals surface area contributed by atoms with E-state index in [1.54, 1.807) is 12.3 Å². The topological polar surface area (TPSA) is 96.5 Å². The highest BCUT2D eigenvalue weighted by Crippen LogP contribution is 2.24. The van der Waals surface area contributed by atoms with Gasteiger partial charge in [-0.05, 0) is 18.2 Å². The summed E-state index contributed by atoms with van der Waals surface area (Å²) in [5.41, 5.74) is 0.863. The lowest BCUT2D eigenvalue weighted by atomic mass is 10.3. The molecule has 1 heterocycles. The third-order valence-electron chi connectivity index (χ3n) is 3.29. The first-order chi connectivity index (χ1) is 11.8. The summed E-state index contributed by atoms with van der Waals surface area (Å²) in [4.78, 5) is 1.63. The SMILES string of the molecule is COc1ccc(F)cc1S(=O)(=O)NCCNc1cc(N(C)C)cnn1. The van der Waals surface area contributed by atoms with Crippen LogP contribution in [0.4, 0.5) is 15.9 Å². The fraction of sp³-hybridized carbons (Fsp3) is 0.333. The van der Waals surface area contributed by atoms with Crippen LogP contribution in [0.3, 0.4) is 0 Å². The van der Waals surface area contributed by atoms with Gasteiger partial charge in [0.05, 0.1) is 19.0 Å². The van der Waals surface area contributed by atoms with Crippen LogP contribution in [-0.2, 0) is 10.0 Å². The maximum absolute atomic E-state index is 13.3. The number of hydrogen-bond donors (Lipinski definition) is 2. The van der Waals surface area contributed by atoms with Gasteiger partial charge >= 0.3 is 0 Å². The first kappa shape index (κ1) is 18.9.